The zero-order chi connectivity index (χ0) is 17.8. The van der Waals surface area contributed by atoms with Crippen LogP contribution in [0.3, 0.4) is 0 Å². The van der Waals surface area contributed by atoms with Crippen LogP contribution >= 0.6 is 0 Å². The highest BCUT2D eigenvalue weighted by Crippen LogP contribution is 2.24. The summed E-state index contributed by atoms with van der Waals surface area (Å²) < 4.78 is 1.73. The van der Waals surface area contributed by atoms with Crippen LogP contribution < -0.4 is 5.32 Å². The van der Waals surface area contributed by atoms with E-state index in [0.29, 0.717) is 29.3 Å². The molecule has 0 fully saturated rings. The molecule has 0 spiro atoms. The highest BCUT2D eigenvalue weighted by atomic mass is 16.2. The van der Waals surface area contributed by atoms with Crippen LogP contribution in [0, 0.1) is 0 Å². The minimum Gasteiger partial charge on any atom is -0.320 e. The molecule has 0 radical (unpaired) electrons. The third-order valence-corrected chi connectivity index (χ3v) is 3.82. The van der Waals surface area contributed by atoms with Crippen molar-refractivity contribution < 1.29 is 4.79 Å². The molecule has 2 N–H and O–H groups in total. The molecule has 2 aromatic heterocycles. The molecule has 0 unspecified atom stereocenters. The van der Waals surface area contributed by atoms with Crippen LogP contribution in [0.5, 0.6) is 0 Å². The number of anilines is 1. The van der Waals surface area contributed by atoms with E-state index in [1.807, 2.05) is 48.5 Å². The van der Waals surface area contributed by atoms with Crippen LogP contribution in [0.2, 0.25) is 0 Å². The van der Waals surface area contributed by atoms with E-state index < -0.39 is 0 Å². The summed E-state index contributed by atoms with van der Waals surface area (Å²) in [5.74, 6) is 0.114. The van der Waals surface area contributed by atoms with Crippen molar-refractivity contribution in [3.63, 3.8) is 0 Å². The number of aromatic nitrogens is 6. The Labute approximate surface area is 148 Å². The first kappa shape index (κ1) is 15.7. The molecule has 0 bridgehead atoms. The Kier molecular flexibility index (Phi) is 4.21. The van der Waals surface area contributed by atoms with E-state index in [2.05, 4.69) is 31.0 Å². The third-order valence-electron chi connectivity index (χ3n) is 3.82. The number of nitrogens with zero attached hydrogens (tertiary/aromatic N) is 5. The summed E-state index contributed by atoms with van der Waals surface area (Å²) in [4.78, 5) is 12.6. The van der Waals surface area contributed by atoms with Gasteiger partial charge in [-0.3, -0.25) is 9.48 Å². The fraction of sp³-hybridized carbons (Fsp3) is 0.0556. The molecule has 8 heteroatoms. The SMILES string of the molecule is O=C(Nc1ccccc1-c1nn[nH]n1)c1ccn(Cc2ccccc2)n1. The van der Waals surface area contributed by atoms with Crippen molar-refractivity contribution in [2.24, 2.45) is 0 Å². The predicted molar refractivity (Wildman–Crippen MR) is 95.3 cm³/mol. The molecule has 0 aliphatic rings. The number of tetrazole rings is 1. The van der Waals surface area contributed by atoms with Crippen molar-refractivity contribution in [2.75, 3.05) is 5.32 Å². The minimum atomic E-state index is -0.298. The lowest BCUT2D eigenvalue weighted by molar-refractivity contribution is 0.102. The number of carbonyl (C=O) groups excluding carboxylic acids is 1. The van der Waals surface area contributed by atoms with E-state index >= 15 is 0 Å². The van der Waals surface area contributed by atoms with Crippen LogP contribution in [0.15, 0.2) is 66.9 Å². The van der Waals surface area contributed by atoms with Gasteiger partial charge in [0.05, 0.1) is 12.2 Å². The van der Waals surface area contributed by atoms with E-state index in [0.717, 1.165) is 5.56 Å². The smallest absolute Gasteiger partial charge is 0.276 e. The van der Waals surface area contributed by atoms with Crippen molar-refractivity contribution >= 4 is 11.6 Å². The Hall–Kier alpha value is -3.81. The number of para-hydroxylation sites is 1. The maximum Gasteiger partial charge on any atom is 0.276 e. The zero-order valence-corrected chi connectivity index (χ0v) is 13.7. The Balaban J connectivity index is 1.51. The normalized spacial score (nSPS) is 10.6. The Morgan fingerprint density at radius 2 is 1.85 bits per heavy atom. The molecule has 2 aromatic carbocycles. The number of nitrogens with one attached hydrogen (secondary N) is 2. The molecule has 128 valence electrons. The summed E-state index contributed by atoms with van der Waals surface area (Å²) in [5, 5.41) is 21.1. The van der Waals surface area contributed by atoms with Gasteiger partial charge in [-0.05, 0) is 29.0 Å². The van der Waals surface area contributed by atoms with Gasteiger partial charge in [0, 0.05) is 11.8 Å². The van der Waals surface area contributed by atoms with Gasteiger partial charge in [0.25, 0.3) is 5.91 Å². The summed E-state index contributed by atoms with van der Waals surface area (Å²) in [5.41, 5.74) is 2.73. The standard InChI is InChI=1S/C18H15N7O/c26-18(16-10-11-25(22-16)12-13-6-2-1-3-7-13)19-15-9-5-4-8-14(15)17-20-23-24-21-17/h1-11H,12H2,(H,19,26)(H,20,21,23,24). The number of hydrogen-bond acceptors (Lipinski definition) is 5. The van der Waals surface area contributed by atoms with Gasteiger partial charge < -0.3 is 5.32 Å². The second-order valence-electron chi connectivity index (χ2n) is 5.62. The van der Waals surface area contributed by atoms with Crippen molar-refractivity contribution in [1.82, 2.24) is 30.4 Å². The molecule has 0 aliphatic heterocycles. The fourth-order valence-corrected chi connectivity index (χ4v) is 2.59. The van der Waals surface area contributed by atoms with Crippen LogP contribution in [0.1, 0.15) is 16.1 Å². The Morgan fingerprint density at radius 1 is 1.04 bits per heavy atom. The summed E-state index contributed by atoms with van der Waals surface area (Å²) in [6.45, 7) is 0.605. The highest BCUT2D eigenvalue weighted by Gasteiger charge is 2.14. The van der Waals surface area contributed by atoms with Crippen molar-refractivity contribution in [1.29, 1.82) is 0 Å². The average molecular weight is 345 g/mol. The summed E-state index contributed by atoms with van der Waals surface area (Å²) >= 11 is 0. The van der Waals surface area contributed by atoms with E-state index in [1.165, 1.54) is 0 Å². The largest absolute Gasteiger partial charge is 0.320 e. The van der Waals surface area contributed by atoms with Gasteiger partial charge in [-0.2, -0.15) is 10.3 Å². The van der Waals surface area contributed by atoms with E-state index in [1.54, 1.807) is 23.0 Å². The summed E-state index contributed by atoms with van der Waals surface area (Å²) in [7, 11) is 0. The van der Waals surface area contributed by atoms with E-state index in [4.69, 9.17) is 0 Å². The number of H-pyrrole nitrogens is 1. The molecule has 0 saturated carbocycles. The lowest BCUT2D eigenvalue weighted by atomic mass is 10.1. The molecule has 8 nitrogen and oxygen atoms in total. The number of carbonyl (C=O) groups is 1. The van der Waals surface area contributed by atoms with Gasteiger partial charge in [0.15, 0.2) is 5.69 Å². The monoisotopic (exact) mass is 345 g/mol. The second kappa shape index (κ2) is 6.98. The van der Waals surface area contributed by atoms with Crippen LogP contribution in [-0.2, 0) is 6.54 Å². The molecule has 0 saturated heterocycles. The van der Waals surface area contributed by atoms with Crippen LogP contribution in [-0.4, -0.2) is 36.3 Å². The van der Waals surface area contributed by atoms with Gasteiger partial charge in [-0.25, -0.2) is 0 Å². The molecule has 2 heterocycles. The predicted octanol–water partition coefficient (Wildman–Crippen LogP) is 2.36. The van der Waals surface area contributed by atoms with Crippen LogP contribution in [0.4, 0.5) is 5.69 Å². The van der Waals surface area contributed by atoms with Crippen molar-refractivity contribution in [3.05, 3.63) is 78.1 Å². The van der Waals surface area contributed by atoms with Gasteiger partial charge in [-0.1, -0.05) is 42.5 Å². The van der Waals surface area contributed by atoms with Gasteiger partial charge in [0.1, 0.15) is 0 Å². The topological polar surface area (TPSA) is 101 Å². The molecular formula is C18H15N7O. The van der Waals surface area contributed by atoms with E-state index in [-0.39, 0.29) is 5.91 Å². The second-order valence-corrected chi connectivity index (χ2v) is 5.62. The third kappa shape index (κ3) is 3.34. The first-order valence-electron chi connectivity index (χ1n) is 8.01. The number of amides is 1. The first-order valence-corrected chi connectivity index (χ1v) is 8.01. The van der Waals surface area contributed by atoms with E-state index in [9.17, 15) is 4.79 Å². The maximum atomic E-state index is 12.6. The lowest BCUT2D eigenvalue weighted by Gasteiger charge is -2.07. The number of benzene rings is 2. The van der Waals surface area contributed by atoms with Crippen LogP contribution in [0.25, 0.3) is 11.4 Å². The molecular weight excluding hydrogens is 330 g/mol. The Bertz CT molecular complexity index is 1010. The lowest BCUT2D eigenvalue weighted by Crippen LogP contribution is -2.14. The molecule has 4 aromatic rings. The number of rotatable bonds is 5. The molecule has 26 heavy (non-hydrogen) atoms. The first-order chi connectivity index (χ1) is 12.8. The van der Waals surface area contributed by atoms with Crippen molar-refractivity contribution in [3.8, 4) is 11.4 Å². The fourth-order valence-electron chi connectivity index (χ4n) is 2.59. The average Bonchev–Trinajstić information content (AvgIpc) is 3.35. The summed E-state index contributed by atoms with van der Waals surface area (Å²) in [6, 6.07) is 18.9. The van der Waals surface area contributed by atoms with Crippen molar-refractivity contribution in [2.45, 2.75) is 6.54 Å². The van der Waals surface area contributed by atoms with Gasteiger partial charge in [-0.15, -0.1) is 10.2 Å². The Morgan fingerprint density at radius 3 is 2.65 bits per heavy atom. The molecule has 0 atom stereocenters. The number of hydrogen-bond donors (Lipinski definition) is 2. The molecule has 4 rings (SSSR count). The zero-order valence-electron chi connectivity index (χ0n) is 13.7. The molecule has 0 aliphatic carbocycles. The molecule has 1 amide bonds. The highest BCUT2D eigenvalue weighted by molar-refractivity contribution is 6.04. The quantitative estimate of drug-likeness (QED) is 0.578. The van der Waals surface area contributed by atoms with Gasteiger partial charge >= 0.3 is 0 Å². The maximum absolute atomic E-state index is 12.6. The number of aromatic amines is 1. The van der Waals surface area contributed by atoms with Gasteiger partial charge in [0.2, 0.25) is 5.82 Å². The summed E-state index contributed by atoms with van der Waals surface area (Å²) in [6.07, 6.45) is 1.78. The minimum absolute atomic E-state index is 0.298.